The van der Waals surface area contributed by atoms with E-state index in [-0.39, 0.29) is 17.6 Å². The number of rotatable bonds is 6. The Hall–Kier alpha value is -1.42. The molecule has 0 heterocycles. The molecule has 3 nitrogen and oxygen atoms in total. The highest BCUT2D eigenvalue weighted by atomic mass is 19.1. The number of aliphatic hydroxyl groups excluding tert-OH is 1. The van der Waals surface area contributed by atoms with Crippen LogP contribution in [0.2, 0.25) is 0 Å². The van der Waals surface area contributed by atoms with Crippen LogP contribution in [0.1, 0.15) is 51.5 Å². The SMILES string of the molecule is CC(C)C(O)CCNC(=O)C1(c2cccc(F)c2)CCCC1. The molecule has 0 aromatic heterocycles. The third-order valence-corrected chi connectivity index (χ3v) is 4.76. The van der Waals surface area contributed by atoms with Crippen molar-refractivity contribution >= 4 is 5.91 Å². The molecular weight excluding hydrogens is 281 g/mol. The van der Waals surface area contributed by atoms with Crippen molar-refractivity contribution in [2.24, 2.45) is 5.92 Å². The van der Waals surface area contributed by atoms with Gasteiger partial charge < -0.3 is 10.4 Å². The average Bonchev–Trinajstić information content (AvgIpc) is 2.97. The Morgan fingerprint density at radius 1 is 1.36 bits per heavy atom. The number of aliphatic hydroxyl groups is 1. The molecule has 1 aliphatic carbocycles. The maximum absolute atomic E-state index is 13.5. The van der Waals surface area contributed by atoms with Crippen molar-refractivity contribution in [3.63, 3.8) is 0 Å². The minimum atomic E-state index is -0.606. The molecule has 1 saturated carbocycles. The molecule has 0 saturated heterocycles. The average molecular weight is 307 g/mol. The van der Waals surface area contributed by atoms with Crippen molar-refractivity contribution in [3.05, 3.63) is 35.6 Å². The van der Waals surface area contributed by atoms with E-state index in [1.54, 1.807) is 6.07 Å². The molecule has 0 aliphatic heterocycles. The van der Waals surface area contributed by atoms with Crippen molar-refractivity contribution in [2.75, 3.05) is 6.54 Å². The van der Waals surface area contributed by atoms with Crippen LogP contribution >= 0.6 is 0 Å². The molecule has 1 amide bonds. The zero-order valence-electron chi connectivity index (χ0n) is 13.4. The summed E-state index contributed by atoms with van der Waals surface area (Å²) in [5.74, 6) is -0.154. The van der Waals surface area contributed by atoms with Crippen LogP contribution in [0.25, 0.3) is 0 Å². The second-order valence-corrected chi connectivity index (χ2v) is 6.66. The molecule has 1 fully saturated rings. The van der Waals surface area contributed by atoms with Gasteiger partial charge in [-0.1, -0.05) is 38.8 Å². The lowest BCUT2D eigenvalue weighted by Gasteiger charge is -2.28. The van der Waals surface area contributed by atoms with E-state index in [4.69, 9.17) is 0 Å². The molecule has 0 spiro atoms. The molecule has 1 unspecified atom stereocenters. The van der Waals surface area contributed by atoms with Crippen molar-refractivity contribution in [3.8, 4) is 0 Å². The summed E-state index contributed by atoms with van der Waals surface area (Å²) < 4.78 is 13.5. The van der Waals surface area contributed by atoms with Crippen molar-refractivity contribution < 1.29 is 14.3 Å². The van der Waals surface area contributed by atoms with Crippen molar-refractivity contribution in [2.45, 2.75) is 57.5 Å². The molecule has 0 radical (unpaired) electrons. The van der Waals surface area contributed by atoms with E-state index < -0.39 is 11.5 Å². The van der Waals surface area contributed by atoms with E-state index in [1.165, 1.54) is 12.1 Å². The monoisotopic (exact) mass is 307 g/mol. The summed E-state index contributed by atoms with van der Waals surface area (Å²) in [7, 11) is 0. The van der Waals surface area contributed by atoms with E-state index >= 15 is 0 Å². The molecule has 2 N–H and O–H groups in total. The molecule has 122 valence electrons. The van der Waals surface area contributed by atoms with Gasteiger partial charge in [-0.3, -0.25) is 4.79 Å². The van der Waals surface area contributed by atoms with Crippen LogP contribution in [0, 0.1) is 11.7 Å². The number of amides is 1. The lowest BCUT2D eigenvalue weighted by molar-refractivity contribution is -0.126. The fourth-order valence-corrected chi connectivity index (χ4v) is 3.25. The van der Waals surface area contributed by atoms with Gasteiger partial charge in [-0.2, -0.15) is 0 Å². The van der Waals surface area contributed by atoms with Crippen LogP contribution in [0.3, 0.4) is 0 Å². The van der Waals surface area contributed by atoms with Crippen LogP contribution in [0.5, 0.6) is 0 Å². The lowest BCUT2D eigenvalue weighted by Crippen LogP contribution is -2.43. The molecule has 4 heteroatoms. The minimum absolute atomic E-state index is 0.0356. The first kappa shape index (κ1) is 16.9. The molecule has 1 aromatic carbocycles. The van der Waals surface area contributed by atoms with Gasteiger partial charge in [0.1, 0.15) is 5.82 Å². The van der Waals surface area contributed by atoms with Gasteiger partial charge in [0.25, 0.3) is 0 Å². The van der Waals surface area contributed by atoms with Gasteiger partial charge >= 0.3 is 0 Å². The van der Waals surface area contributed by atoms with Gasteiger partial charge in [0.2, 0.25) is 5.91 Å². The van der Waals surface area contributed by atoms with Gasteiger partial charge in [0.15, 0.2) is 0 Å². The first-order valence-corrected chi connectivity index (χ1v) is 8.18. The van der Waals surface area contributed by atoms with Crippen LogP contribution in [0.4, 0.5) is 4.39 Å². The zero-order valence-corrected chi connectivity index (χ0v) is 13.4. The summed E-state index contributed by atoms with van der Waals surface area (Å²) in [5.41, 5.74) is 0.164. The standard InChI is InChI=1S/C18H26FNO2/c1-13(2)16(21)8-11-20-17(22)18(9-3-4-10-18)14-6-5-7-15(19)12-14/h5-7,12-13,16,21H,3-4,8-11H2,1-2H3,(H,20,22). The number of benzene rings is 1. The third-order valence-electron chi connectivity index (χ3n) is 4.76. The summed E-state index contributed by atoms with van der Waals surface area (Å²) in [6, 6.07) is 6.40. The fourth-order valence-electron chi connectivity index (χ4n) is 3.25. The van der Waals surface area contributed by atoms with E-state index in [0.717, 1.165) is 31.2 Å². The van der Waals surface area contributed by atoms with Gasteiger partial charge in [0, 0.05) is 6.54 Å². The van der Waals surface area contributed by atoms with E-state index in [2.05, 4.69) is 5.32 Å². The number of carbonyl (C=O) groups excluding carboxylic acids is 1. The van der Waals surface area contributed by atoms with Crippen molar-refractivity contribution in [1.82, 2.24) is 5.32 Å². The summed E-state index contributed by atoms with van der Waals surface area (Å²) >= 11 is 0. The topological polar surface area (TPSA) is 49.3 Å². The molecule has 1 aromatic rings. The second kappa shape index (κ2) is 7.23. The Labute approximate surface area is 131 Å². The predicted molar refractivity (Wildman–Crippen MR) is 85.0 cm³/mol. The quantitative estimate of drug-likeness (QED) is 0.848. The Bertz CT molecular complexity index is 510. The van der Waals surface area contributed by atoms with Crippen LogP contribution < -0.4 is 5.32 Å². The molecule has 22 heavy (non-hydrogen) atoms. The minimum Gasteiger partial charge on any atom is -0.393 e. The van der Waals surface area contributed by atoms with Gasteiger partial charge in [-0.05, 0) is 42.9 Å². The summed E-state index contributed by atoms with van der Waals surface area (Å²) in [5, 5.41) is 12.8. The third kappa shape index (κ3) is 3.67. The normalized spacial score (nSPS) is 18.4. The Balaban J connectivity index is 2.06. The zero-order chi connectivity index (χ0) is 16.2. The lowest BCUT2D eigenvalue weighted by atomic mass is 9.78. The van der Waals surface area contributed by atoms with Crippen LogP contribution in [-0.2, 0) is 10.2 Å². The van der Waals surface area contributed by atoms with Crippen molar-refractivity contribution in [1.29, 1.82) is 0 Å². The number of nitrogens with one attached hydrogen (secondary N) is 1. The smallest absolute Gasteiger partial charge is 0.230 e. The summed E-state index contributed by atoms with van der Waals surface area (Å²) in [6.07, 6.45) is 3.62. The fraction of sp³-hybridized carbons (Fsp3) is 0.611. The van der Waals surface area contributed by atoms with Crippen LogP contribution in [-0.4, -0.2) is 23.7 Å². The first-order chi connectivity index (χ1) is 10.5. The number of hydrogen-bond donors (Lipinski definition) is 2. The molecule has 2 rings (SSSR count). The van der Waals surface area contributed by atoms with E-state index in [9.17, 15) is 14.3 Å². The molecule has 1 aliphatic rings. The highest BCUT2D eigenvalue weighted by Gasteiger charge is 2.42. The van der Waals surface area contributed by atoms with Gasteiger partial charge in [0.05, 0.1) is 11.5 Å². The largest absolute Gasteiger partial charge is 0.393 e. The number of hydrogen-bond acceptors (Lipinski definition) is 2. The Morgan fingerprint density at radius 2 is 2.05 bits per heavy atom. The van der Waals surface area contributed by atoms with Gasteiger partial charge in [-0.15, -0.1) is 0 Å². The highest BCUT2D eigenvalue weighted by molar-refractivity contribution is 5.88. The second-order valence-electron chi connectivity index (χ2n) is 6.66. The summed E-state index contributed by atoms with van der Waals surface area (Å²) in [4.78, 5) is 12.7. The number of carbonyl (C=O) groups is 1. The molecule has 0 bridgehead atoms. The highest BCUT2D eigenvalue weighted by Crippen LogP contribution is 2.41. The summed E-state index contributed by atoms with van der Waals surface area (Å²) in [6.45, 7) is 4.37. The Morgan fingerprint density at radius 3 is 2.64 bits per heavy atom. The maximum Gasteiger partial charge on any atom is 0.230 e. The predicted octanol–water partition coefficient (Wildman–Crippen LogP) is 3.16. The molecule has 1 atom stereocenters. The van der Waals surface area contributed by atoms with Gasteiger partial charge in [-0.25, -0.2) is 4.39 Å². The van der Waals surface area contributed by atoms with E-state index in [0.29, 0.717) is 13.0 Å². The van der Waals surface area contributed by atoms with Crippen LogP contribution in [0.15, 0.2) is 24.3 Å². The molecular formula is C18H26FNO2. The van der Waals surface area contributed by atoms with E-state index in [1.807, 2.05) is 19.9 Å². The number of halogens is 1. The first-order valence-electron chi connectivity index (χ1n) is 8.18. The Kier molecular flexibility index (Phi) is 5.57. The maximum atomic E-state index is 13.5.